The maximum Gasteiger partial charge on any atom is 0.161 e. The predicted molar refractivity (Wildman–Crippen MR) is 600 cm³/mol. The van der Waals surface area contributed by atoms with Crippen LogP contribution in [0, 0.1) is 0 Å². The number of rotatable bonds is 11. The van der Waals surface area contributed by atoms with Gasteiger partial charge in [0.05, 0.1) is 83.8 Å². The van der Waals surface area contributed by atoms with Crippen molar-refractivity contribution in [3.05, 3.63) is 479 Å². The molecule has 0 saturated carbocycles. The van der Waals surface area contributed by atoms with Crippen molar-refractivity contribution < 1.29 is 13.3 Å². The molecule has 10 aromatic heterocycles. The van der Waals surface area contributed by atoms with Crippen LogP contribution >= 0.6 is 11.3 Å². The van der Waals surface area contributed by atoms with Crippen molar-refractivity contribution in [1.82, 2.24) is 43.6 Å². The Morgan fingerprint density at radius 1 is 0.179 bits per heavy atom. The number of para-hydroxylation sites is 10. The Kier molecular flexibility index (Phi) is 19.3. The van der Waals surface area contributed by atoms with E-state index in [1.807, 2.05) is 102 Å². The van der Waals surface area contributed by atoms with Crippen LogP contribution in [0.25, 0.3) is 291 Å². The fourth-order valence-corrected chi connectivity index (χ4v) is 23.5. The fourth-order valence-electron chi connectivity index (χ4n) is 22.2. The lowest BCUT2D eigenvalue weighted by Gasteiger charge is -2.11. The van der Waals surface area contributed by atoms with E-state index in [-0.39, 0.29) is 0 Å². The number of fused-ring (bicyclic) bond motifs is 25. The lowest BCUT2D eigenvalue weighted by Crippen LogP contribution is -1.96. The third kappa shape index (κ3) is 13.5. The number of furan rings is 3. The van der Waals surface area contributed by atoms with Gasteiger partial charge in [-0.25, -0.2) is 29.9 Å². The van der Waals surface area contributed by atoms with Crippen LogP contribution in [0.2, 0.25) is 0 Å². The topological polar surface area (TPSA) is 132 Å². The zero-order valence-corrected chi connectivity index (χ0v) is 78.6. The van der Waals surface area contributed by atoms with Crippen molar-refractivity contribution in [3.63, 3.8) is 0 Å². The lowest BCUT2D eigenvalue weighted by atomic mass is 10.0. The highest BCUT2D eigenvalue weighted by Gasteiger charge is 2.29. The predicted octanol–water partition coefficient (Wildman–Crippen LogP) is 35.6. The molecule has 31 aromatic rings. The van der Waals surface area contributed by atoms with Gasteiger partial charge in [-0.1, -0.05) is 382 Å². The molecule has 0 amide bonds. The maximum atomic E-state index is 6.89. The molecule has 0 aliphatic heterocycles. The molecule has 0 unspecified atom stereocenters. The molecule has 676 valence electrons. The number of nitrogens with zero attached hydrogens (tertiary/aromatic N) is 9. The van der Waals surface area contributed by atoms with E-state index in [1.54, 1.807) is 0 Å². The molecule has 0 aliphatic rings. The van der Waals surface area contributed by atoms with Crippen LogP contribution in [-0.4, -0.2) is 43.6 Å². The molecule has 0 saturated heterocycles. The molecule has 0 fully saturated rings. The summed E-state index contributed by atoms with van der Waals surface area (Å²) in [6.45, 7) is 0. The van der Waals surface area contributed by atoms with E-state index >= 15 is 0 Å². The first-order chi connectivity index (χ1) is 71.9. The summed E-state index contributed by atoms with van der Waals surface area (Å²) >= 11 is 1.87. The van der Waals surface area contributed by atoms with E-state index in [4.69, 9.17) is 43.2 Å². The van der Waals surface area contributed by atoms with Crippen molar-refractivity contribution in [2.24, 2.45) is 0 Å². The molecule has 13 heteroatoms. The summed E-state index contributed by atoms with van der Waals surface area (Å²) in [5, 5.41) is 19.2. The highest BCUT2D eigenvalue weighted by atomic mass is 32.1. The van der Waals surface area contributed by atoms with Crippen LogP contribution in [-0.2, 0) is 0 Å². The average Bonchev–Trinajstić information content (AvgIpc) is 1.56. The summed E-state index contributed by atoms with van der Waals surface area (Å²) in [5.41, 5.74) is 31.0. The molecule has 0 spiro atoms. The number of aromatic nitrogens is 9. The Morgan fingerprint density at radius 2 is 0.476 bits per heavy atom. The third-order valence-electron chi connectivity index (χ3n) is 28.7. The zero-order chi connectivity index (χ0) is 95.3. The first-order valence-corrected chi connectivity index (χ1v) is 49.6. The fraction of sp³-hybridized carbons (Fsp3) is 0. The molecule has 0 atom stereocenters. The van der Waals surface area contributed by atoms with Gasteiger partial charge in [0.25, 0.3) is 0 Å². The molecule has 145 heavy (non-hydrogen) atoms. The van der Waals surface area contributed by atoms with Crippen LogP contribution in [0.3, 0.4) is 0 Å². The van der Waals surface area contributed by atoms with Crippen molar-refractivity contribution in [2.45, 2.75) is 0 Å². The van der Waals surface area contributed by atoms with Gasteiger partial charge in [0.2, 0.25) is 0 Å². The summed E-state index contributed by atoms with van der Waals surface area (Å²) < 4.78 is 30.0. The molecule has 10 heterocycles. The van der Waals surface area contributed by atoms with Gasteiger partial charge in [-0.15, -0.1) is 11.3 Å². The number of hydrogen-bond acceptors (Lipinski definition) is 10. The zero-order valence-electron chi connectivity index (χ0n) is 77.8. The molecular formula is C132H79N9O3S. The second-order valence-electron chi connectivity index (χ2n) is 36.8. The molecular weight excluding hydrogens is 1790 g/mol. The minimum Gasteiger partial charge on any atom is -0.454 e. The van der Waals surface area contributed by atoms with Crippen molar-refractivity contribution >= 4 is 195 Å². The van der Waals surface area contributed by atoms with Gasteiger partial charge in [0.1, 0.15) is 16.7 Å². The largest absolute Gasteiger partial charge is 0.454 e. The van der Waals surface area contributed by atoms with E-state index in [9.17, 15) is 0 Å². The monoisotopic (exact) mass is 1870 g/mol. The summed E-state index contributed by atoms with van der Waals surface area (Å²) in [6.07, 6.45) is 0. The lowest BCUT2D eigenvalue weighted by molar-refractivity contribution is 0.666. The normalized spacial score (nSPS) is 11.9. The van der Waals surface area contributed by atoms with E-state index in [0.29, 0.717) is 17.5 Å². The van der Waals surface area contributed by atoms with Crippen LogP contribution in [0.5, 0.6) is 0 Å². The van der Waals surface area contributed by atoms with Gasteiger partial charge in [-0.05, 0) is 119 Å². The summed E-state index contributed by atoms with van der Waals surface area (Å²) in [4.78, 5) is 31.1. The molecule has 31 rings (SSSR count). The molecule has 0 N–H and O–H groups in total. The van der Waals surface area contributed by atoms with E-state index in [1.165, 1.54) is 74.7 Å². The Hall–Kier alpha value is -19.3. The van der Waals surface area contributed by atoms with Crippen molar-refractivity contribution in [1.29, 1.82) is 0 Å². The van der Waals surface area contributed by atoms with Crippen LogP contribution in [0.4, 0.5) is 0 Å². The van der Waals surface area contributed by atoms with E-state index < -0.39 is 0 Å². The minimum absolute atomic E-state index is 0.670. The summed E-state index contributed by atoms with van der Waals surface area (Å²) in [7, 11) is 0. The molecule has 21 aromatic carbocycles. The van der Waals surface area contributed by atoms with Gasteiger partial charge in [-0.2, -0.15) is 0 Å². The standard InChI is InChI=1S/C50H29N3OS.C44H27N3O.C38H23N3O/c1-2-12-30(13-3-1)31-24-26-32(27-25-31)47-35-15-4-7-19-39(35)51-50(52-47)38-18-11-22-43-45(38)37-17-10-21-42(48(37)54-43)53-40-20-8-5-16-36(40)46-41(53)29-28-34-33-14-6-9-23-44(33)55-49(34)46;1-3-13-28(14-4-1)30-25-26-32-31-17-8-10-22-37(31)47(39(32)27-30)38-23-11-19-34-41-35(20-12-24-40(41)48-43(34)38)44-45-36-21-9-7-18-33(36)42(46-44)29-15-5-2-6-16-29;1-2-12-24(13-3-1)36-27-16-4-7-19-30(27)39-38(40-36)29-18-11-23-34-35(29)28-17-10-22-33(37(28)42-34)41-31-20-8-5-14-25(31)26-15-6-9-21-32(26)41/h1-29H;1-27H;1-23H. The maximum absolute atomic E-state index is 6.89. The minimum atomic E-state index is 0.670. The van der Waals surface area contributed by atoms with E-state index in [2.05, 4.69) is 402 Å². The van der Waals surface area contributed by atoms with Crippen LogP contribution < -0.4 is 0 Å². The van der Waals surface area contributed by atoms with Gasteiger partial charge in [0, 0.05) is 134 Å². The van der Waals surface area contributed by atoms with Crippen molar-refractivity contribution in [2.75, 3.05) is 0 Å². The average molecular weight is 1870 g/mol. The van der Waals surface area contributed by atoms with Crippen LogP contribution in [0.1, 0.15) is 0 Å². The Labute approximate surface area is 832 Å². The first-order valence-electron chi connectivity index (χ1n) is 48.8. The van der Waals surface area contributed by atoms with Gasteiger partial charge in [-0.3, -0.25) is 0 Å². The van der Waals surface area contributed by atoms with Crippen molar-refractivity contribution in [3.8, 4) is 107 Å². The third-order valence-corrected chi connectivity index (χ3v) is 29.9. The number of thiophene rings is 1. The van der Waals surface area contributed by atoms with Crippen LogP contribution in [0.15, 0.2) is 492 Å². The summed E-state index contributed by atoms with van der Waals surface area (Å²) in [6, 6.07) is 167. The van der Waals surface area contributed by atoms with Gasteiger partial charge >= 0.3 is 0 Å². The molecule has 0 bridgehead atoms. The number of benzene rings is 21. The smallest absolute Gasteiger partial charge is 0.161 e. The first kappa shape index (κ1) is 82.7. The molecule has 0 radical (unpaired) electrons. The number of hydrogen-bond donors (Lipinski definition) is 0. The SMILES string of the molecule is c1ccc(-c2ccc(-c3nc(-c4cccc5oc6c(-n7c8ccccc8c8c9sc%10ccccc%10c9ccc87)cccc6c45)nc4ccccc34)cc2)cc1.c1ccc(-c2ccc3c4ccccc4n(-c4cccc5c4oc4cccc(-c6nc(-c7ccccc7)c7ccccc7n6)c45)c3c2)cc1.c1ccc(-c2nc(-c3cccc4oc5c(-n6c7ccccc7c7ccccc76)cccc5c34)nc3ccccc23)cc1. The molecule has 12 nitrogen and oxygen atoms in total. The highest BCUT2D eigenvalue weighted by Crippen LogP contribution is 2.50. The van der Waals surface area contributed by atoms with E-state index in [0.717, 1.165) is 199 Å². The second kappa shape index (κ2) is 33.7. The quantitative estimate of drug-likeness (QED) is 0.124. The highest BCUT2D eigenvalue weighted by molar-refractivity contribution is 7.26. The Morgan fingerprint density at radius 3 is 0.910 bits per heavy atom. The molecule has 0 aliphatic carbocycles. The summed E-state index contributed by atoms with van der Waals surface area (Å²) in [5.74, 6) is 2.03. The Balaban J connectivity index is 0.000000104. The second-order valence-corrected chi connectivity index (χ2v) is 37.9. The van der Waals surface area contributed by atoms with Gasteiger partial charge < -0.3 is 27.0 Å². The Bertz CT molecular complexity index is 10600. The van der Waals surface area contributed by atoms with Gasteiger partial charge in [0.15, 0.2) is 34.2 Å².